The van der Waals surface area contributed by atoms with Crippen molar-refractivity contribution in [3.63, 3.8) is 0 Å². The first-order valence-corrected chi connectivity index (χ1v) is 8.80. The van der Waals surface area contributed by atoms with Crippen LogP contribution in [-0.2, 0) is 16.1 Å². The molecule has 1 fully saturated rings. The number of aromatic nitrogens is 2. The molecule has 0 spiro atoms. The lowest BCUT2D eigenvalue weighted by Gasteiger charge is -2.21. The van der Waals surface area contributed by atoms with Crippen LogP contribution in [0, 0.1) is 0 Å². The Morgan fingerprint density at radius 3 is 2.58 bits per heavy atom. The van der Waals surface area contributed by atoms with Crippen molar-refractivity contribution in [1.82, 2.24) is 19.6 Å². The van der Waals surface area contributed by atoms with Crippen molar-refractivity contribution in [3.8, 4) is 0 Å². The highest BCUT2D eigenvalue weighted by molar-refractivity contribution is 5.93. The maximum Gasteiger partial charge on any atom is 0.257 e. The van der Waals surface area contributed by atoms with Crippen LogP contribution in [0.25, 0.3) is 0 Å². The van der Waals surface area contributed by atoms with Crippen LogP contribution in [0.4, 0.5) is 0 Å². The van der Waals surface area contributed by atoms with Crippen LogP contribution < -0.4 is 0 Å². The molecule has 7 nitrogen and oxygen atoms in total. The Labute approximate surface area is 153 Å². The van der Waals surface area contributed by atoms with Gasteiger partial charge in [0.2, 0.25) is 5.91 Å². The van der Waals surface area contributed by atoms with E-state index >= 15 is 0 Å². The zero-order valence-electron chi connectivity index (χ0n) is 15.0. The molecule has 0 N–H and O–H groups in total. The van der Waals surface area contributed by atoms with Gasteiger partial charge in [-0.1, -0.05) is 30.3 Å². The Kier molecular flexibility index (Phi) is 6.01. The lowest BCUT2D eigenvalue weighted by Crippen LogP contribution is -2.38. The van der Waals surface area contributed by atoms with Gasteiger partial charge in [-0.05, 0) is 12.0 Å². The molecule has 0 radical (unpaired) electrons. The van der Waals surface area contributed by atoms with Crippen molar-refractivity contribution < 1.29 is 14.3 Å². The Morgan fingerprint density at radius 1 is 1.08 bits per heavy atom. The fraction of sp³-hybridized carbons (Fsp3) is 0.421. The number of rotatable bonds is 5. The second kappa shape index (κ2) is 8.62. The van der Waals surface area contributed by atoms with Crippen LogP contribution in [0.1, 0.15) is 22.3 Å². The summed E-state index contributed by atoms with van der Waals surface area (Å²) < 4.78 is 6.68. The van der Waals surface area contributed by atoms with Gasteiger partial charge in [0.1, 0.15) is 6.61 Å². The first-order valence-electron chi connectivity index (χ1n) is 8.80. The Hall–Kier alpha value is -2.67. The highest BCUT2D eigenvalue weighted by atomic mass is 16.5. The molecule has 1 aliphatic heterocycles. The highest BCUT2D eigenvalue weighted by Crippen LogP contribution is 2.10. The standard InChI is InChI=1S/C19H24N4O3/c1-26-15-18(24)21-8-5-9-22(11-10-21)19(25)17-12-20-23(14-17)13-16-6-3-2-4-7-16/h2-4,6-7,12,14H,5,8-11,13,15H2,1H3. The van der Waals surface area contributed by atoms with Crippen LogP contribution in [0.2, 0.25) is 0 Å². The van der Waals surface area contributed by atoms with Crippen LogP contribution in [0.5, 0.6) is 0 Å². The van der Waals surface area contributed by atoms with Crippen molar-refractivity contribution in [3.05, 3.63) is 53.9 Å². The van der Waals surface area contributed by atoms with Crippen LogP contribution in [0.15, 0.2) is 42.7 Å². The molecule has 0 unspecified atom stereocenters. The molecule has 0 bridgehead atoms. The predicted octanol–water partition coefficient (Wildman–Crippen LogP) is 1.25. The van der Waals surface area contributed by atoms with Gasteiger partial charge in [-0.2, -0.15) is 5.10 Å². The van der Waals surface area contributed by atoms with E-state index in [1.54, 1.807) is 26.9 Å². The monoisotopic (exact) mass is 356 g/mol. The predicted molar refractivity (Wildman–Crippen MR) is 96.7 cm³/mol. The van der Waals surface area contributed by atoms with Gasteiger partial charge < -0.3 is 14.5 Å². The zero-order chi connectivity index (χ0) is 18.4. The van der Waals surface area contributed by atoms with E-state index in [-0.39, 0.29) is 18.4 Å². The first kappa shape index (κ1) is 18.1. The first-order chi connectivity index (χ1) is 12.7. The minimum atomic E-state index is -0.0367. The van der Waals surface area contributed by atoms with Crippen LogP contribution in [0.3, 0.4) is 0 Å². The molecule has 138 valence electrons. The summed E-state index contributed by atoms with van der Waals surface area (Å²) in [4.78, 5) is 28.3. The molecule has 3 rings (SSSR count). The number of carbonyl (C=O) groups is 2. The molecular weight excluding hydrogens is 332 g/mol. The quantitative estimate of drug-likeness (QED) is 0.809. The van der Waals surface area contributed by atoms with E-state index in [4.69, 9.17) is 4.74 Å². The Bertz CT molecular complexity index is 744. The summed E-state index contributed by atoms with van der Waals surface area (Å²) in [6.45, 7) is 3.07. The summed E-state index contributed by atoms with van der Waals surface area (Å²) in [5.41, 5.74) is 1.72. The Balaban J connectivity index is 1.60. The normalized spacial score (nSPS) is 15.0. The van der Waals surface area contributed by atoms with E-state index in [1.807, 2.05) is 30.3 Å². The fourth-order valence-electron chi connectivity index (χ4n) is 3.10. The summed E-state index contributed by atoms with van der Waals surface area (Å²) in [7, 11) is 1.51. The van der Waals surface area contributed by atoms with Gasteiger partial charge in [-0.15, -0.1) is 0 Å². The van der Waals surface area contributed by atoms with Crippen molar-refractivity contribution in [2.75, 3.05) is 39.9 Å². The lowest BCUT2D eigenvalue weighted by molar-refractivity contribution is -0.135. The average molecular weight is 356 g/mol. The maximum absolute atomic E-state index is 12.8. The largest absolute Gasteiger partial charge is 0.375 e. The second-order valence-corrected chi connectivity index (χ2v) is 6.37. The van der Waals surface area contributed by atoms with E-state index in [2.05, 4.69) is 5.10 Å². The van der Waals surface area contributed by atoms with Gasteiger partial charge in [-0.25, -0.2) is 0 Å². The SMILES string of the molecule is COCC(=O)N1CCCN(C(=O)c2cnn(Cc3ccccc3)c2)CC1. The van der Waals surface area contributed by atoms with Gasteiger partial charge in [0, 0.05) is 39.5 Å². The minimum absolute atomic E-state index is 0.0301. The molecule has 2 heterocycles. The van der Waals surface area contributed by atoms with E-state index in [1.165, 1.54) is 7.11 Å². The smallest absolute Gasteiger partial charge is 0.257 e. The Morgan fingerprint density at radius 2 is 1.81 bits per heavy atom. The van der Waals surface area contributed by atoms with Gasteiger partial charge in [0.05, 0.1) is 18.3 Å². The number of hydrogen-bond acceptors (Lipinski definition) is 4. The van der Waals surface area contributed by atoms with Crippen molar-refractivity contribution >= 4 is 11.8 Å². The summed E-state index contributed by atoms with van der Waals surface area (Å²) in [5, 5.41) is 4.31. The molecular formula is C19H24N4O3. The van der Waals surface area contributed by atoms with Crippen molar-refractivity contribution in [2.24, 2.45) is 0 Å². The minimum Gasteiger partial charge on any atom is -0.375 e. The van der Waals surface area contributed by atoms with E-state index < -0.39 is 0 Å². The third kappa shape index (κ3) is 4.49. The van der Waals surface area contributed by atoms with Crippen LogP contribution in [-0.4, -0.2) is 71.3 Å². The number of benzene rings is 1. The lowest BCUT2D eigenvalue weighted by atomic mass is 10.2. The molecule has 2 amide bonds. The number of methoxy groups -OCH3 is 1. The zero-order valence-corrected chi connectivity index (χ0v) is 15.0. The number of hydrogen-bond donors (Lipinski definition) is 0. The average Bonchev–Trinajstić information content (AvgIpc) is 2.97. The molecule has 0 atom stereocenters. The number of amides is 2. The summed E-state index contributed by atoms with van der Waals surface area (Å²) in [5.74, 6) is -0.0668. The summed E-state index contributed by atoms with van der Waals surface area (Å²) in [6.07, 6.45) is 4.16. The fourth-order valence-corrected chi connectivity index (χ4v) is 3.10. The van der Waals surface area contributed by atoms with Crippen molar-refractivity contribution in [1.29, 1.82) is 0 Å². The molecule has 1 aromatic heterocycles. The molecule has 0 aliphatic carbocycles. The maximum atomic E-state index is 12.8. The van der Waals surface area contributed by atoms with E-state index in [0.717, 1.165) is 12.0 Å². The molecule has 1 aliphatic rings. The second-order valence-electron chi connectivity index (χ2n) is 6.37. The van der Waals surface area contributed by atoms with Crippen LogP contribution >= 0.6 is 0 Å². The van der Waals surface area contributed by atoms with Gasteiger partial charge >= 0.3 is 0 Å². The molecule has 26 heavy (non-hydrogen) atoms. The number of carbonyl (C=O) groups excluding carboxylic acids is 2. The van der Waals surface area contributed by atoms with E-state index in [9.17, 15) is 9.59 Å². The number of nitrogens with zero attached hydrogens (tertiary/aromatic N) is 4. The van der Waals surface area contributed by atoms with E-state index in [0.29, 0.717) is 38.3 Å². The molecule has 7 heteroatoms. The summed E-state index contributed by atoms with van der Waals surface area (Å²) >= 11 is 0. The number of ether oxygens (including phenoxy) is 1. The summed E-state index contributed by atoms with van der Waals surface area (Å²) in [6, 6.07) is 10.0. The molecule has 2 aromatic rings. The third-order valence-electron chi connectivity index (χ3n) is 4.47. The van der Waals surface area contributed by atoms with Crippen molar-refractivity contribution in [2.45, 2.75) is 13.0 Å². The van der Waals surface area contributed by atoms with Gasteiger partial charge in [0.25, 0.3) is 5.91 Å². The highest BCUT2D eigenvalue weighted by Gasteiger charge is 2.23. The molecule has 1 aromatic carbocycles. The van der Waals surface area contributed by atoms with Gasteiger partial charge in [-0.3, -0.25) is 14.3 Å². The third-order valence-corrected chi connectivity index (χ3v) is 4.47. The molecule has 0 saturated carbocycles. The topological polar surface area (TPSA) is 67.7 Å². The molecule has 1 saturated heterocycles. The van der Waals surface area contributed by atoms with Gasteiger partial charge in [0.15, 0.2) is 0 Å².